The fourth-order valence-corrected chi connectivity index (χ4v) is 1.19. The smallest absolute Gasteiger partial charge is 0.159 e. The lowest BCUT2D eigenvalue weighted by Crippen LogP contribution is -2.32. The van der Waals surface area contributed by atoms with Gasteiger partial charge in [0.2, 0.25) is 0 Å². The van der Waals surface area contributed by atoms with E-state index in [0.29, 0.717) is 0 Å². The molecule has 2 unspecified atom stereocenters. The van der Waals surface area contributed by atoms with Crippen molar-refractivity contribution in [2.45, 2.75) is 93.0 Å². The van der Waals surface area contributed by atoms with Crippen LogP contribution in [0.1, 0.15) is 80.6 Å². The second kappa shape index (κ2) is 11.0. The molecule has 0 heterocycles. The van der Waals surface area contributed by atoms with Gasteiger partial charge in [-0.05, 0) is 12.8 Å². The minimum absolute atomic E-state index is 0.181. The van der Waals surface area contributed by atoms with Crippen molar-refractivity contribution in [2.75, 3.05) is 0 Å². The Balaban J connectivity index is 0. The van der Waals surface area contributed by atoms with Gasteiger partial charge in [-0.25, -0.2) is 0 Å². The van der Waals surface area contributed by atoms with Crippen molar-refractivity contribution in [3.8, 4) is 0 Å². The van der Waals surface area contributed by atoms with Gasteiger partial charge < -0.3 is 9.84 Å². The average Bonchev–Trinajstić information content (AvgIpc) is 2.23. The van der Waals surface area contributed by atoms with Gasteiger partial charge in [-0.15, -0.1) is 0 Å². The van der Waals surface area contributed by atoms with Gasteiger partial charge in [-0.1, -0.05) is 67.7 Å². The normalized spacial score (nSPS) is 14.8. The molecule has 0 amide bonds. The predicted molar refractivity (Wildman–Crippen MR) is 76.1 cm³/mol. The highest BCUT2D eigenvalue weighted by Gasteiger charge is 2.25. The molecule has 0 aromatic heterocycles. The van der Waals surface area contributed by atoms with E-state index in [1.54, 1.807) is 0 Å². The lowest BCUT2D eigenvalue weighted by Gasteiger charge is -2.29. The van der Waals surface area contributed by atoms with E-state index in [1.807, 2.05) is 20.8 Å². The van der Waals surface area contributed by atoms with Crippen LogP contribution in [-0.4, -0.2) is 17.5 Å². The fourth-order valence-electron chi connectivity index (χ4n) is 1.19. The minimum atomic E-state index is -0.649. The Morgan fingerprint density at radius 2 is 1.53 bits per heavy atom. The van der Waals surface area contributed by atoms with Crippen molar-refractivity contribution in [1.82, 2.24) is 0 Å². The molecule has 0 saturated carbocycles. The van der Waals surface area contributed by atoms with E-state index in [9.17, 15) is 5.11 Å². The third-order valence-electron chi connectivity index (χ3n) is 2.40. The first kappa shape index (κ1) is 19.3. The Kier molecular flexibility index (Phi) is 12.5. The second-order valence-electron chi connectivity index (χ2n) is 5.73. The molecule has 2 nitrogen and oxygen atoms in total. The molecule has 0 aromatic rings. The van der Waals surface area contributed by atoms with Crippen LogP contribution in [-0.2, 0) is 4.74 Å². The summed E-state index contributed by atoms with van der Waals surface area (Å²) < 4.78 is 5.62. The maximum absolute atomic E-state index is 9.76. The SMILES string of the molecule is CCC.CCCCC(CC)OC(O)C(C)(C)C. The summed E-state index contributed by atoms with van der Waals surface area (Å²) in [4.78, 5) is 0. The number of hydrogen-bond donors (Lipinski definition) is 1. The highest BCUT2D eigenvalue weighted by Crippen LogP contribution is 2.23. The van der Waals surface area contributed by atoms with Crippen molar-refractivity contribution in [2.24, 2.45) is 5.41 Å². The molecular weight excluding hydrogens is 212 g/mol. The highest BCUT2D eigenvalue weighted by molar-refractivity contribution is 4.67. The van der Waals surface area contributed by atoms with Crippen molar-refractivity contribution in [3.63, 3.8) is 0 Å². The third kappa shape index (κ3) is 12.2. The monoisotopic (exact) mass is 246 g/mol. The molecule has 0 aliphatic heterocycles. The summed E-state index contributed by atoms with van der Waals surface area (Å²) in [6, 6.07) is 0. The van der Waals surface area contributed by atoms with Gasteiger partial charge in [-0.3, -0.25) is 0 Å². The van der Waals surface area contributed by atoms with Crippen LogP contribution in [0.2, 0.25) is 0 Å². The molecule has 0 spiro atoms. The largest absolute Gasteiger partial charge is 0.367 e. The van der Waals surface area contributed by atoms with Crippen molar-refractivity contribution >= 4 is 0 Å². The summed E-state index contributed by atoms with van der Waals surface area (Å²) in [7, 11) is 0. The third-order valence-corrected chi connectivity index (χ3v) is 2.40. The van der Waals surface area contributed by atoms with Crippen LogP contribution in [0.25, 0.3) is 0 Å². The van der Waals surface area contributed by atoms with E-state index in [2.05, 4.69) is 27.7 Å². The fraction of sp³-hybridized carbons (Fsp3) is 1.00. The van der Waals surface area contributed by atoms with Gasteiger partial charge in [0.15, 0.2) is 6.29 Å². The van der Waals surface area contributed by atoms with Crippen LogP contribution in [0.15, 0.2) is 0 Å². The lowest BCUT2D eigenvalue weighted by molar-refractivity contribution is -0.189. The van der Waals surface area contributed by atoms with Crippen molar-refractivity contribution < 1.29 is 9.84 Å². The second-order valence-corrected chi connectivity index (χ2v) is 5.73. The Labute approximate surface area is 109 Å². The summed E-state index contributed by atoms with van der Waals surface area (Å²) in [6.45, 7) is 14.5. The van der Waals surface area contributed by atoms with Crippen LogP contribution in [0.3, 0.4) is 0 Å². The average molecular weight is 246 g/mol. The molecule has 0 radical (unpaired) electrons. The molecule has 0 aromatic carbocycles. The number of aliphatic hydroxyl groups is 1. The van der Waals surface area contributed by atoms with Crippen LogP contribution >= 0.6 is 0 Å². The molecule has 2 atom stereocenters. The topological polar surface area (TPSA) is 29.5 Å². The van der Waals surface area contributed by atoms with E-state index in [0.717, 1.165) is 12.8 Å². The standard InChI is InChI=1S/C12H26O2.C3H8/c1-6-8-9-10(7-2)14-11(13)12(3,4)5;1-3-2/h10-11,13H,6-9H2,1-5H3;3H2,1-2H3. The maximum atomic E-state index is 9.76. The molecule has 0 aliphatic carbocycles. The van der Waals surface area contributed by atoms with Gasteiger partial charge >= 0.3 is 0 Å². The van der Waals surface area contributed by atoms with E-state index < -0.39 is 6.29 Å². The van der Waals surface area contributed by atoms with Gasteiger partial charge in [0.25, 0.3) is 0 Å². The van der Waals surface area contributed by atoms with E-state index in [-0.39, 0.29) is 11.5 Å². The highest BCUT2D eigenvalue weighted by atomic mass is 16.6. The van der Waals surface area contributed by atoms with Gasteiger partial charge in [0, 0.05) is 5.41 Å². The summed E-state index contributed by atoms with van der Waals surface area (Å²) in [5.74, 6) is 0. The van der Waals surface area contributed by atoms with Crippen LogP contribution in [0.5, 0.6) is 0 Å². The van der Waals surface area contributed by atoms with Crippen molar-refractivity contribution in [1.29, 1.82) is 0 Å². The molecule has 106 valence electrons. The minimum Gasteiger partial charge on any atom is -0.367 e. The predicted octanol–water partition coefficient (Wildman–Crippen LogP) is 4.75. The quantitative estimate of drug-likeness (QED) is 0.685. The first-order chi connectivity index (χ1) is 7.83. The summed E-state index contributed by atoms with van der Waals surface area (Å²) >= 11 is 0. The van der Waals surface area contributed by atoms with Gasteiger partial charge in [-0.2, -0.15) is 0 Å². The molecule has 0 bridgehead atoms. The summed E-state index contributed by atoms with van der Waals surface area (Å²) in [5, 5.41) is 9.76. The van der Waals surface area contributed by atoms with Gasteiger partial charge in [0.1, 0.15) is 0 Å². The Hall–Kier alpha value is -0.0800. The number of ether oxygens (including phenoxy) is 1. The molecule has 1 N–H and O–H groups in total. The number of rotatable bonds is 6. The number of hydrogen-bond acceptors (Lipinski definition) is 2. The Morgan fingerprint density at radius 3 is 1.82 bits per heavy atom. The van der Waals surface area contributed by atoms with Crippen LogP contribution in [0.4, 0.5) is 0 Å². The van der Waals surface area contributed by atoms with Crippen LogP contribution in [0, 0.1) is 5.41 Å². The number of unbranched alkanes of at least 4 members (excludes halogenated alkanes) is 1. The molecule has 2 heteroatoms. The van der Waals surface area contributed by atoms with Gasteiger partial charge in [0.05, 0.1) is 6.10 Å². The maximum Gasteiger partial charge on any atom is 0.159 e. The Bertz CT molecular complexity index is 149. The molecule has 0 aliphatic rings. The first-order valence-corrected chi connectivity index (χ1v) is 7.16. The van der Waals surface area contributed by atoms with Crippen LogP contribution < -0.4 is 0 Å². The molecule has 0 fully saturated rings. The van der Waals surface area contributed by atoms with E-state index in [4.69, 9.17) is 4.74 Å². The summed E-state index contributed by atoms with van der Waals surface area (Å²) in [6.07, 6.45) is 5.21. The van der Waals surface area contributed by atoms with E-state index >= 15 is 0 Å². The lowest BCUT2D eigenvalue weighted by atomic mass is 9.96. The molecule has 0 saturated heterocycles. The van der Waals surface area contributed by atoms with Crippen molar-refractivity contribution in [3.05, 3.63) is 0 Å². The zero-order chi connectivity index (χ0) is 13.9. The molecule has 17 heavy (non-hydrogen) atoms. The zero-order valence-corrected chi connectivity index (χ0v) is 13.0. The molecular formula is C15H34O2. The Morgan fingerprint density at radius 1 is 1.06 bits per heavy atom. The molecule has 0 rings (SSSR count). The van der Waals surface area contributed by atoms with E-state index in [1.165, 1.54) is 19.3 Å². The zero-order valence-electron chi connectivity index (χ0n) is 13.0. The first-order valence-electron chi connectivity index (χ1n) is 7.16. The number of aliphatic hydroxyl groups excluding tert-OH is 1. The summed E-state index contributed by atoms with van der Waals surface area (Å²) in [5.41, 5.74) is -0.181.